The molecule has 28 heavy (non-hydrogen) atoms. The van der Waals surface area contributed by atoms with Gasteiger partial charge in [0.2, 0.25) is 5.88 Å². The van der Waals surface area contributed by atoms with E-state index in [0.29, 0.717) is 22.8 Å². The number of alkyl halides is 1. The molecule has 0 radical (unpaired) electrons. The van der Waals surface area contributed by atoms with E-state index in [4.69, 9.17) is 10.5 Å². The molecule has 1 amide bonds. The van der Waals surface area contributed by atoms with Gasteiger partial charge in [-0.15, -0.1) is 0 Å². The molecule has 7 nitrogen and oxygen atoms in total. The third kappa shape index (κ3) is 4.56. The van der Waals surface area contributed by atoms with Crippen molar-refractivity contribution >= 4 is 28.5 Å². The van der Waals surface area contributed by atoms with Crippen LogP contribution in [0.5, 0.6) is 5.88 Å². The summed E-state index contributed by atoms with van der Waals surface area (Å²) in [5.74, 6) is -0.0850. The molecule has 1 atom stereocenters. The standard InChI is InChI=1S/C18H19F2N5O2S/c1-18(4-7-28-17(21)25-18)12-8-11(2-3-13(12)20)24-16(26)14-9-23-15(10-22-14)27-6-5-19/h2-3,8-10H,4-7H2,1H3,(H2,21,25)(H,24,26)/t18-/m0/s1. The third-order valence-electron chi connectivity index (χ3n) is 4.19. The maximum atomic E-state index is 14.4. The van der Waals surface area contributed by atoms with Gasteiger partial charge < -0.3 is 15.8 Å². The molecule has 2 heterocycles. The first-order chi connectivity index (χ1) is 13.4. The number of amides is 1. The summed E-state index contributed by atoms with van der Waals surface area (Å²) in [6, 6.07) is 4.28. The Hall–Kier alpha value is -2.75. The van der Waals surface area contributed by atoms with E-state index in [-0.39, 0.29) is 18.2 Å². The number of nitrogens with one attached hydrogen (secondary N) is 1. The third-order valence-corrected chi connectivity index (χ3v) is 4.98. The molecule has 2 aromatic rings. The van der Waals surface area contributed by atoms with Gasteiger partial charge in [0.1, 0.15) is 24.8 Å². The normalized spacial score (nSPS) is 19.0. The fraction of sp³-hybridized carbons (Fsp3) is 0.333. The number of rotatable bonds is 6. The van der Waals surface area contributed by atoms with Crippen LogP contribution in [0.2, 0.25) is 0 Å². The first kappa shape index (κ1) is 20.0. The number of amidine groups is 1. The van der Waals surface area contributed by atoms with E-state index in [1.54, 1.807) is 6.07 Å². The van der Waals surface area contributed by atoms with Gasteiger partial charge in [-0.2, -0.15) is 0 Å². The number of anilines is 1. The molecule has 0 aliphatic carbocycles. The first-order valence-electron chi connectivity index (χ1n) is 8.51. The van der Waals surface area contributed by atoms with Crippen molar-refractivity contribution in [3.05, 3.63) is 47.7 Å². The Kier molecular flexibility index (Phi) is 6.08. The summed E-state index contributed by atoms with van der Waals surface area (Å²) in [6.45, 7) is 1.03. The Balaban J connectivity index is 1.78. The lowest BCUT2D eigenvalue weighted by Crippen LogP contribution is -2.29. The molecule has 3 rings (SSSR count). The Labute approximate surface area is 164 Å². The molecule has 10 heteroatoms. The van der Waals surface area contributed by atoms with Gasteiger partial charge in [0.05, 0.1) is 17.9 Å². The van der Waals surface area contributed by atoms with Gasteiger partial charge in [0.25, 0.3) is 5.91 Å². The molecule has 0 spiro atoms. The van der Waals surface area contributed by atoms with Crippen molar-refractivity contribution in [2.45, 2.75) is 18.9 Å². The number of benzene rings is 1. The lowest BCUT2D eigenvalue weighted by atomic mass is 9.89. The van der Waals surface area contributed by atoms with Crippen LogP contribution in [0.1, 0.15) is 29.4 Å². The van der Waals surface area contributed by atoms with Crippen molar-refractivity contribution in [3.8, 4) is 5.88 Å². The van der Waals surface area contributed by atoms with E-state index in [9.17, 15) is 13.6 Å². The van der Waals surface area contributed by atoms with Gasteiger partial charge in [0, 0.05) is 17.0 Å². The van der Waals surface area contributed by atoms with Crippen LogP contribution in [0, 0.1) is 5.82 Å². The van der Waals surface area contributed by atoms with Crippen LogP contribution in [0.25, 0.3) is 0 Å². The number of nitrogens with zero attached hydrogens (tertiary/aromatic N) is 3. The molecule has 1 aliphatic rings. The molecule has 1 aliphatic heterocycles. The number of hydrogen-bond donors (Lipinski definition) is 2. The average molecular weight is 407 g/mol. The van der Waals surface area contributed by atoms with Gasteiger partial charge in [-0.05, 0) is 31.5 Å². The van der Waals surface area contributed by atoms with E-state index >= 15 is 0 Å². The topological polar surface area (TPSA) is 102 Å². The lowest BCUT2D eigenvalue weighted by molar-refractivity contribution is 0.102. The fourth-order valence-corrected chi connectivity index (χ4v) is 3.72. The van der Waals surface area contributed by atoms with Gasteiger partial charge in [-0.3, -0.25) is 9.79 Å². The van der Waals surface area contributed by atoms with Crippen molar-refractivity contribution in [1.29, 1.82) is 0 Å². The molecular formula is C18H19F2N5O2S. The van der Waals surface area contributed by atoms with Crippen molar-refractivity contribution < 1.29 is 18.3 Å². The number of ether oxygens (including phenoxy) is 1. The number of carbonyl (C=O) groups excluding carboxylic acids is 1. The van der Waals surface area contributed by atoms with Crippen LogP contribution >= 0.6 is 11.8 Å². The fourth-order valence-electron chi connectivity index (χ4n) is 2.74. The summed E-state index contributed by atoms with van der Waals surface area (Å²) in [7, 11) is 0. The van der Waals surface area contributed by atoms with Gasteiger partial charge in [-0.25, -0.2) is 18.7 Å². The summed E-state index contributed by atoms with van der Waals surface area (Å²) in [5.41, 5.74) is 5.81. The summed E-state index contributed by atoms with van der Waals surface area (Å²) >= 11 is 1.43. The average Bonchev–Trinajstić information content (AvgIpc) is 2.68. The van der Waals surface area contributed by atoms with Gasteiger partial charge in [0.15, 0.2) is 5.17 Å². The smallest absolute Gasteiger partial charge is 0.275 e. The zero-order valence-electron chi connectivity index (χ0n) is 15.1. The number of aromatic nitrogens is 2. The second-order valence-corrected chi connectivity index (χ2v) is 7.36. The van der Waals surface area contributed by atoms with Crippen LogP contribution in [-0.2, 0) is 5.54 Å². The number of halogens is 2. The van der Waals surface area contributed by atoms with Gasteiger partial charge in [-0.1, -0.05) is 11.8 Å². The number of carbonyl (C=O) groups is 1. The molecule has 0 unspecified atom stereocenters. The van der Waals surface area contributed by atoms with E-state index in [2.05, 4.69) is 20.3 Å². The zero-order valence-corrected chi connectivity index (χ0v) is 15.9. The van der Waals surface area contributed by atoms with Crippen LogP contribution in [0.3, 0.4) is 0 Å². The van der Waals surface area contributed by atoms with Crippen LogP contribution in [0.4, 0.5) is 14.5 Å². The molecule has 1 aromatic carbocycles. The Bertz CT molecular complexity index is 894. The number of thioether (sulfide) groups is 1. The lowest BCUT2D eigenvalue weighted by Gasteiger charge is -2.30. The molecule has 3 N–H and O–H groups in total. The zero-order chi connectivity index (χ0) is 20.1. The molecule has 148 valence electrons. The highest BCUT2D eigenvalue weighted by molar-refractivity contribution is 8.13. The van der Waals surface area contributed by atoms with Crippen LogP contribution < -0.4 is 15.8 Å². The highest BCUT2D eigenvalue weighted by atomic mass is 32.2. The van der Waals surface area contributed by atoms with E-state index in [0.717, 1.165) is 5.75 Å². The SMILES string of the molecule is C[C@@]1(c2cc(NC(=O)c3cnc(OCCF)cn3)ccc2F)CCSC(N)=N1. The van der Waals surface area contributed by atoms with E-state index in [1.165, 1.54) is 36.3 Å². The molecule has 1 aromatic heterocycles. The van der Waals surface area contributed by atoms with E-state index in [1.807, 2.05) is 6.92 Å². The number of aliphatic imine (C=N–C) groups is 1. The number of nitrogens with two attached hydrogens (primary N) is 1. The quantitative estimate of drug-likeness (QED) is 0.763. The summed E-state index contributed by atoms with van der Waals surface area (Å²) in [5, 5.41) is 3.07. The molecule has 0 fully saturated rings. The summed E-state index contributed by atoms with van der Waals surface area (Å²) < 4.78 is 31.5. The van der Waals surface area contributed by atoms with Crippen molar-refractivity contribution in [2.24, 2.45) is 10.7 Å². The Morgan fingerprint density at radius 2 is 2.21 bits per heavy atom. The predicted octanol–water partition coefficient (Wildman–Crippen LogP) is 2.88. The van der Waals surface area contributed by atoms with Crippen LogP contribution in [-0.4, -0.2) is 40.1 Å². The van der Waals surface area contributed by atoms with Crippen LogP contribution in [0.15, 0.2) is 35.6 Å². The van der Waals surface area contributed by atoms with Crippen molar-refractivity contribution in [2.75, 3.05) is 24.4 Å². The number of hydrogen-bond acceptors (Lipinski definition) is 7. The molecule has 0 saturated carbocycles. The Morgan fingerprint density at radius 1 is 1.39 bits per heavy atom. The minimum atomic E-state index is -0.796. The minimum absolute atomic E-state index is 0.0426. The van der Waals surface area contributed by atoms with Gasteiger partial charge >= 0.3 is 0 Å². The predicted molar refractivity (Wildman–Crippen MR) is 104 cm³/mol. The highest BCUT2D eigenvalue weighted by Crippen LogP contribution is 2.37. The second kappa shape index (κ2) is 8.51. The molecule has 0 saturated heterocycles. The first-order valence-corrected chi connectivity index (χ1v) is 9.50. The maximum Gasteiger partial charge on any atom is 0.275 e. The highest BCUT2D eigenvalue weighted by Gasteiger charge is 2.32. The van der Waals surface area contributed by atoms with Crippen molar-refractivity contribution in [1.82, 2.24) is 9.97 Å². The van der Waals surface area contributed by atoms with Crippen molar-refractivity contribution in [3.63, 3.8) is 0 Å². The summed E-state index contributed by atoms with van der Waals surface area (Å²) in [4.78, 5) is 24.6. The molecular weight excluding hydrogens is 388 g/mol. The summed E-state index contributed by atoms with van der Waals surface area (Å²) in [6.07, 6.45) is 3.08. The maximum absolute atomic E-state index is 14.4. The molecule has 0 bridgehead atoms. The monoisotopic (exact) mass is 407 g/mol. The largest absolute Gasteiger partial charge is 0.474 e. The minimum Gasteiger partial charge on any atom is -0.474 e. The Morgan fingerprint density at radius 3 is 2.89 bits per heavy atom. The van der Waals surface area contributed by atoms with E-state index < -0.39 is 23.9 Å². The second-order valence-electron chi connectivity index (χ2n) is 6.25.